The number of rotatable bonds is 3. The predicted molar refractivity (Wildman–Crippen MR) is 241 cm³/mol. The maximum absolute atomic E-state index is 2.67. The molecule has 2 heterocycles. The molecule has 0 spiro atoms. The molecule has 11 rings (SSSR count). The summed E-state index contributed by atoms with van der Waals surface area (Å²) in [6.07, 6.45) is 0. The Bertz CT molecular complexity index is 2890. The van der Waals surface area contributed by atoms with Gasteiger partial charge in [-0.05, 0) is 91.9 Å². The zero-order chi connectivity index (χ0) is 37.6. The summed E-state index contributed by atoms with van der Waals surface area (Å²) in [4.78, 5) is 2.67. The van der Waals surface area contributed by atoms with Gasteiger partial charge in [-0.2, -0.15) is 0 Å². The number of nitrogens with zero attached hydrogens (tertiary/aromatic N) is 1. The Kier molecular flexibility index (Phi) is 6.74. The summed E-state index contributed by atoms with van der Waals surface area (Å²) in [6.45, 7) is 17.2. The van der Waals surface area contributed by atoms with Crippen molar-refractivity contribution < 1.29 is 0 Å². The second-order valence-corrected chi connectivity index (χ2v) is 19.9. The Balaban J connectivity index is 1.33. The van der Waals surface area contributed by atoms with Crippen LogP contribution in [0.4, 0.5) is 17.1 Å². The zero-order valence-electron chi connectivity index (χ0n) is 32.5. The molecule has 2 aliphatic rings. The summed E-state index contributed by atoms with van der Waals surface area (Å²) in [5, 5.41) is 5.31. The van der Waals surface area contributed by atoms with Crippen molar-refractivity contribution in [3.8, 4) is 22.3 Å². The summed E-state index contributed by atoms with van der Waals surface area (Å²) in [5.74, 6) is 0. The second kappa shape index (κ2) is 11.2. The third-order valence-electron chi connectivity index (χ3n) is 12.7. The Morgan fingerprint density at radius 3 is 1.31 bits per heavy atom. The molecule has 9 aromatic rings. The van der Waals surface area contributed by atoms with E-state index in [2.05, 4.69) is 187 Å². The molecule has 1 nitrogen and oxygen atoms in total. The average molecular weight is 746 g/mol. The van der Waals surface area contributed by atoms with E-state index in [1.165, 1.54) is 107 Å². The van der Waals surface area contributed by atoms with Gasteiger partial charge in [-0.1, -0.05) is 146 Å². The van der Waals surface area contributed by atoms with E-state index in [9.17, 15) is 0 Å². The fourth-order valence-corrected chi connectivity index (χ4v) is 12.6. The highest BCUT2D eigenvalue weighted by atomic mass is 32.1. The summed E-state index contributed by atoms with van der Waals surface area (Å²) < 4.78 is 5.29. The fourth-order valence-electron chi connectivity index (χ4n) is 10.3. The highest BCUT2D eigenvalue weighted by Crippen LogP contribution is 2.66. The number of fused-ring (bicyclic) bond motifs is 12. The van der Waals surface area contributed by atoms with E-state index in [4.69, 9.17) is 0 Å². The molecular formula is C52H43NS2. The lowest BCUT2D eigenvalue weighted by atomic mass is 9.71. The zero-order valence-corrected chi connectivity index (χ0v) is 34.1. The molecule has 0 bridgehead atoms. The first-order valence-electron chi connectivity index (χ1n) is 19.5. The van der Waals surface area contributed by atoms with Crippen LogP contribution in [0.2, 0.25) is 0 Å². The predicted octanol–water partition coefficient (Wildman–Crippen LogP) is 15.8. The van der Waals surface area contributed by atoms with Crippen molar-refractivity contribution in [3.63, 3.8) is 0 Å². The fraction of sp³-hybridized carbons (Fsp3) is 0.192. The van der Waals surface area contributed by atoms with Crippen molar-refractivity contribution in [1.82, 2.24) is 0 Å². The van der Waals surface area contributed by atoms with E-state index in [0.717, 1.165) is 0 Å². The molecule has 0 atom stereocenters. The highest BCUT2D eigenvalue weighted by Gasteiger charge is 2.50. The lowest BCUT2D eigenvalue weighted by Gasteiger charge is -2.39. The van der Waals surface area contributed by atoms with Crippen molar-refractivity contribution in [2.75, 3.05) is 4.90 Å². The van der Waals surface area contributed by atoms with Crippen LogP contribution in [0.1, 0.15) is 76.3 Å². The first-order chi connectivity index (χ1) is 26.4. The van der Waals surface area contributed by atoms with E-state index in [1.807, 2.05) is 22.7 Å². The molecule has 7 aromatic carbocycles. The van der Waals surface area contributed by atoms with Gasteiger partial charge in [0.05, 0.1) is 5.69 Å². The van der Waals surface area contributed by atoms with Gasteiger partial charge < -0.3 is 4.90 Å². The SMILES string of the molecule is CC(C)(C)c1c2c(c(N(c3ccc4c(c3)sc3ccccc34)c3ccc4c(c3)sc3ccccc34)c3c1-c1ccccc1C3(C)C)C(C)(C)c1ccccc1-2. The largest absolute Gasteiger partial charge is 0.310 e. The first-order valence-corrected chi connectivity index (χ1v) is 21.2. The number of benzene rings is 7. The van der Waals surface area contributed by atoms with Crippen molar-refractivity contribution in [1.29, 1.82) is 0 Å². The Labute approximate surface area is 331 Å². The van der Waals surface area contributed by atoms with Gasteiger partial charge in [-0.25, -0.2) is 0 Å². The smallest absolute Gasteiger partial charge is 0.0556 e. The van der Waals surface area contributed by atoms with Gasteiger partial charge in [0.2, 0.25) is 0 Å². The van der Waals surface area contributed by atoms with E-state index in [0.29, 0.717) is 0 Å². The second-order valence-electron chi connectivity index (χ2n) is 17.7. The van der Waals surface area contributed by atoms with Gasteiger partial charge in [0.1, 0.15) is 0 Å². The Hall–Kier alpha value is -5.22. The maximum Gasteiger partial charge on any atom is 0.0556 e. The lowest BCUT2D eigenvalue weighted by Crippen LogP contribution is -2.27. The molecule has 0 unspecified atom stereocenters. The molecule has 3 heteroatoms. The van der Waals surface area contributed by atoms with Crippen LogP contribution >= 0.6 is 22.7 Å². The van der Waals surface area contributed by atoms with Crippen molar-refractivity contribution in [2.24, 2.45) is 0 Å². The minimum atomic E-state index is -0.247. The van der Waals surface area contributed by atoms with Crippen LogP contribution in [0.25, 0.3) is 62.6 Å². The molecule has 0 saturated carbocycles. The van der Waals surface area contributed by atoms with Crippen LogP contribution in [0.15, 0.2) is 133 Å². The highest BCUT2D eigenvalue weighted by molar-refractivity contribution is 7.26. The van der Waals surface area contributed by atoms with Crippen LogP contribution < -0.4 is 4.90 Å². The van der Waals surface area contributed by atoms with Gasteiger partial charge >= 0.3 is 0 Å². The molecule has 55 heavy (non-hydrogen) atoms. The van der Waals surface area contributed by atoms with Gasteiger partial charge in [-0.3, -0.25) is 0 Å². The quantitative estimate of drug-likeness (QED) is 0.174. The number of thiophene rings is 2. The molecular weight excluding hydrogens is 703 g/mol. The standard InChI is InChI=1S/C52H43NS2/c1-50(2,3)46-44-36-18-8-12-20-38(36)51(4,5)47(44)49(48-45(46)37-19-9-13-21-39(37)52(48,6)7)53(30-24-26-34-32-16-10-14-22-40(32)54-42(34)28-30)31-25-27-35-33-17-11-15-23-41(33)55-43(35)29-31/h8-29H,1-7H3. The third-order valence-corrected chi connectivity index (χ3v) is 14.9. The molecule has 2 aromatic heterocycles. The van der Waals surface area contributed by atoms with E-state index >= 15 is 0 Å². The normalized spacial score (nSPS) is 15.1. The van der Waals surface area contributed by atoms with Crippen LogP contribution in [0.5, 0.6) is 0 Å². The average Bonchev–Trinajstić information content (AvgIpc) is 3.86. The van der Waals surface area contributed by atoms with Crippen LogP contribution in [-0.2, 0) is 16.2 Å². The Morgan fingerprint density at radius 1 is 0.455 bits per heavy atom. The number of anilines is 3. The number of hydrogen-bond donors (Lipinski definition) is 0. The molecule has 2 aliphatic carbocycles. The third kappa shape index (κ3) is 4.46. The van der Waals surface area contributed by atoms with E-state index in [-0.39, 0.29) is 16.2 Å². The molecule has 0 fully saturated rings. The van der Waals surface area contributed by atoms with Crippen LogP contribution in [-0.4, -0.2) is 0 Å². The van der Waals surface area contributed by atoms with Gasteiger partial charge in [0.25, 0.3) is 0 Å². The summed E-state index contributed by atoms with van der Waals surface area (Å²) in [6, 6.07) is 50.7. The van der Waals surface area contributed by atoms with Gasteiger partial charge in [0, 0.05) is 62.5 Å². The Morgan fingerprint density at radius 2 is 0.855 bits per heavy atom. The minimum absolute atomic E-state index is 0.107. The molecule has 0 saturated heterocycles. The molecule has 268 valence electrons. The summed E-state index contributed by atoms with van der Waals surface area (Å²) >= 11 is 3.80. The maximum atomic E-state index is 2.67. The monoisotopic (exact) mass is 745 g/mol. The van der Waals surface area contributed by atoms with Crippen LogP contribution in [0, 0.1) is 0 Å². The van der Waals surface area contributed by atoms with Gasteiger partial charge in [0.15, 0.2) is 0 Å². The van der Waals surface area contributed by atoms with Gasteiger partial charge in [-0.15, -0.1) is 22.7 Å². The molecule has 0 amide bonds. The molecule has 0 radical (unpaired) electrons. The van der Waals surface area contributed by atoms with Crippen molar-refractivity contribution in [2.45, 2.75) is 64.7 Å². The van der Waals surface area contributed by atoms with Crippen LogP contribution in [0.3, 0.4) is 0 Å². The summed E-state index contributed by atoms with van der Waals surface area (Å²) in [7, 11) is 0. The molecule has 0 aliphatic heterocycles. The summed E-state index contributed by atoms with van der Waals surface area (Å²) in [5.41, 5.74) is 15.9. The molecule has 0 N–H and O–H groups in total. The number of hydrogen-bond acceptors (Lipinski definition) is 3. The van der Waals surface area contributed by atoms with Crippen molar-refractivity contribution in [3.05, 3.63) is 161 Å². The first kappa shape index (κ1) is 33.1. The van der Waals surface area contributed by atoms with Crippen molar-refractivity contribution >= 4 is 80.1 Å². The topological polar surface area (TPSA) is 3.24 Å². The van der Waals surface area contributed by atoms with E-state index < -0.39 is 0 Å². The lowest BCUT2D eigenvalue weighted by molar-refractivity contribution is 0.587. The minimum Gasteiger partial charge on any atom is -0.310 e. The van der Waals surface area contributed by atoms with E-state index in [1.54, 1.807) is 0 Å².